The summed E-state index contributed by atoms with van der Waals surface area (Å²) >= 11 is 0. The molecule has 0 heterocycles. The third kappa shape index (κ3) is 1.64. The van der Waals surface area contributed by atoms with Gasteiger partial charge in [0.2, 0.25) is 0 Å². The molecule has 2 nitrogen and oxygen atoms in total. The van der Waals surface area contributed by atoms with Crippen LogP contribution in [0.15, 0.2) is 23.6 Å². The monoisotopic (exact) mass is 195 g/mol. The Morgan fingerprint density at radius 1 is 1.79 bits per heavy atom. The Morgan fingerprint density at radius 3 is 3.21 bits per heavy atom. The van der Waals surface area contributed by atoms with Crippen LogP contribution in [-0.4, -0.2) is 19.4 Å². The summed E-state index contributed by atoms with van der Waals surface area (Å²) in [5.74, 6) is 0.557. The largest absolute Gasteiger partial charge is 0.311 e. The van der Waals surface area contributed by atoms with Crippen LogP contribution in [0.3, 0.4) is 0 Å². The van der Waals surface area contributed by atoms with Crippen molar-refractivity contribution in [3.63, 3.8) is 0 Å². The fourth-order valence-corrected chi connectivity index (χ4v) is 1.90. The number of carbonyl (C=O) groups excluding carboxylic acids is 1. The van der Waals surface area contributed by atoms with E-state index in [-0.39, 0.29) is 17.8 Å². The predicted octanol–water partition coefficient (Wildman–Crippen LogP) is 1.59. The van der Waals surface area contributed by atoms with Crippen molar-refractivity contribution in [3.05, 3.63) is 23.6 Å². The van der Waals surface area contributed by atoms with Gasteiger partial charge in [-0.15, -0.1) is 0 Å². The summed E-state index contributed by atoms with van der Waals surface area (Å²) in [7, 11) is 1.71. The number of likely N-dealkylation sites (N-methyl/N-ethyl adjacent to an activating group) is 1. The lowest BCUT2D eigenvalue weighted by Gasteiger charge is -2.13. The van der Waals surface area contributed by atoms with Crippen LogP contribution < -0.4 is 5.32 Å². The van der Waals surface area contributed by atoms with Crippen molar-refractivity contribution < 1.29 is 9.18 Å². The van der Waals surface area contributed by atoms with Gasteiger partial charge in [0.25, 0.3) is 0 Å². The average molecular weight is 195 g/mol. The van der Waals surface area contributed by atoms with Crippen molar-refractivity contribution in [3.8, 4) is 0 Å². The molecule has 0 aliphatic heterocycles. The minimum Gasteiger partial charge on any atom is -0.311 e. The molecule has 0 aromatic carbocycles. The molecule has 76 valence electrons. The Balaban J connectivity index is 2.06. The molecule has 3 unspecified atom stereocenters. The summed E-state index contributed by atoms with van der Waals surface area (Å²) in [6, 6.07) is -0.268. The second-order valence-corrected chi connectivity index (χ2v) is 3.97. The number of nitrogens with one attached hydrogen (secondary N) is 1. The van der Waals surface area contributed by atoms with E-state index < -0.39 is 0 Å². The highest BCUT2D eigenvalue weighted by molar-refractivity contribution is 5.59. The number of fused-ring (bicyclic) bond motifs is 1. The van der Waals surface area contributed by atoms with Crippen LogP contribution in [0.5, 0.6) is 0 Å². The Bertz CT molecular complexity index is 308. The fourth-order valence-electron chi connectivity index (χ4n) is 1.90. The number of aldehydes is 1. The van der Waals surface area contributed by atoms with E-state index in [0.717, 1.165) is 12.7 Å². The van der Waals surface area contributed by atoms with Crippen LogP contribution in [0, 0.1) is 11.8 Å². The van der Waals surface area contributed by atoms with Crippen molar-refractivity contribution in [1.29, 1.82) is 0 Å². The standard InChI is InChI=1S/C11H14FNO/c1-13-9(6-14)4-8-3-2-7-5-10(7)11(8)12/h2-3,6-7,9-10,13H,4-5H2,1H3. The SMILES string of the molecule is CNC(C=O)CC1=C(F)C2CC2C=C1. The Labute approximate surface area is 82.9 Å². The van der Waals surface area contributed by atoms with E-state index in [1.807, 2.05) is 6.08 Å². The van der Waals surface area contributed by atoms with E-state index in [0.29, 0.717) is 17.9 Å². The Kier molecular flexibility index (Phi) is 2.50. The second-order valence-electron chi connectivity index (χ2n) is 3.97. The van der Waals surface area contributed by atoms with Gasteiger partial charge in [0.05, 0.1) is 6.04 Å². The quantitative estimate of drug-likeness (QED) is 0.690. The van der Waals surface area contributed by atoms with Gasteiger partial charge in [-0.05, 0) is 31.4 Å². The van der Waals surface area contributed by atoms with Crippen molar-refractivity contribution in [2.45, 2.75) is 18.9 Å². The molecule has 0 saturated heterocycles. The molecule has 1 fully saturated rings. The van der Waals surface area contributed by atoms with Gasteiger partial charge in [0.1, 0.15) is 12.1 Å². The lowest BCUT2D eigenvalue weighted by atomic mass is 10.00. The molecule has 0 spiro atoms. The molecule has 14 heavy (non-hydrogen) atoms. The van der Waals surface area contributed by atoms with Gasteiger partial charge in [-0.3, -0.25) is 0 Å². The molecule has 3 atom stereocenters. The number of rotatable bonds is 4. The highest BCUT2D eigenvalue weighted by atomic mass is 19.1. The van der Waals surface area contributed by atoms with E-state index in [9.17, 15) is 9.18 Å². The van der Waals surface area contributed by atoms with Crippen molar-refractivity contribution in [2.24, 2.45) is 11.8 Å². The van der Waals surface area contributed by atoms with E-state index in [2.05, 4.69) is 11.4 Å². The van der Waals surface area contributed by atoms with Gasteiger partial charge in [-0.1, -0.05) is 12.2 Å². The molecule has 0 aromatic heterocycles. The Hall–Kier alpha value is -0.960. The van der Waals surface area contributed by atoms with Crippen LogP contribution >= 0.6 is 0 Å². The molecule has 2 rings (SSSR count). The number of allylic oxidation sites excluding steroid dienone is 3. The van der Waals surface area contributed by atoms with E-state index in [1.54, 1.807) is 7.05 Å². The number of halogens is 1. The van der Waals surface area contributed by atoms with Gasteiger partial charge >= 0.3 is 0 Å². The molecule has 0 bridgehead atoms. The maximum atomic E-state index is 13.6. The van der Waals surface area contributed by atoms with Gasteiger partial charge < -0.3 is 10.1 Å². The lowest BCUT2D eigenvalue weighted by Crippen LogP contribution is -2.27. The first-order valence-electron chi connectivity index (χ1n) is 4.95. The molecular weight excluding hydrogens is 181 g/mol. The van der Waals surface area contributed by atoms with Gasteiger partial charge in [-0.25, -0.2) is 4.39 Å². The third-order valence-electron chi connectivity index (χ3n) is 2.99. The summed E-state index contributed by atoms with van der Waals surface area (Å²) in [5.41, 5.74) is 0.690. The first-order chi connectivity index (χ1) is 6.76. The van der Waals surface area contributed by atoms with Crippen LogP contribution in [0.4, 0.5) is 4.39 Å². The van der Waals surface area contributed by atoms with Crippen LogP contribution in [0.25, 0.3) is 0 Å². The zero-order valence-corrected chi connectivity index (χ0v) is 8.16. The second kappa shape index (κ2) is 3.65. The summed E-state index contributed by atoms with van der Waals surface area (Å²) in [6.07, 6.45) is 6.12. The Morgan fingerprint density at radius 2 is 2.57 bits per heavy atom. The number of hydrogen-bond donors (Lipinski definition) is 1. The zero-order chi connectivity index (χ0) is 10.1. The van der Waals surface area contributed by atoms with Gasteiger partial charge in [-0.2, -0.15) is 0 Å². The molecule has 2 aliphatic rings. The van der Waals surface area contributed by atoms with E-state index in [4.69, 9.17) is 0 Å². The highest BCUT2D eigenvalue weighted by Gasteiger charge is 2.41. The lowest BCUT2D eigenvalue weighted by molar-refractivity contribution is -0.109. The first kappa shape index (κ1) is 9.59. The smallest absolute Gasteiger partial charge is 0.137 e. The molecule has 1 saturated carbocycles. The summed E-state index contributed by atoms with van der Waals surface area (Å²) in [5, 5.41) is 2.85. The average Bonchev–Trinajstić information content (AvgIpc) is 2.97. The van der Waals surface area contributed by atoms with Crippen LogP contribution in [-0.2, 0) is 4.79 Å². The molecule has 0 amide bonds. The summed E-state index contributed by atoms with van der Waals surface area (Å²) in [6.45, 7) is 0. The molecule has 3 heteroatoms. The van der Waals surface area contributed by atoms with Crippen molar-refractivity contribution >= 4 is 6.29 Å². The third-order valence-corrected chi connectivity index (χ3v) is 2.99. The molecule has 1 N–H and O–H groups in total. The minimum absolute atomic E-state index is 0.000370. The summed E-state index contributed by atoms with van der Waals surface area (Å²) < 4.78 is 13.6. The molecule has 0 aromatic rings. The molecule has 0 radical (unpaired) electrons. The molecule has 2 aliphatic carbocycles. The number of hydrogen-bond acceptors (Lipinski definition) is 2. The maximum absolute atomic E-state index is 13.6. The predicted molar refractivity (Wildman–Crippen MR) is 52.4 cm³/mol. The van der Waals surface area contributed by atoms with Gasteiger partial charge in [0, 0.05) is 5.92 Å². The topological polar surface area (TPSA) is 29.1 Å². The van der Waals surface area contributed by atoms with Crippen LogP contribution in [0.1, 0.15) is 12.8 Å². The van der Waals surface area contributed by atoms with E-state index >= 15 is 0 Å². The van der Waals surface area contributed by atoms with Crippen molar-refractivity contribution in [2.75, 3.05) is 7.05 Å². The fraction of sp³-hybridized carbons (Fsp3) is 0.545. The number of carbonyl (C=O) groups is 1. The minimum atomic E-state index is -0.268. The maximum Gasteiger partial charge on any atom is 0.137 e. The molecular formula is C11H14FNO. The normalized spacial score (nSPS) is 31.3. The highest BCUT2D eigenvalue weighted by Crippen LogP contribution is 2.50. The van der Waals surface area contributed by atoms with Gasteiger partial charge in [0.15, 0.2) is 0 Å². The zero-order valence-electron chi connectivity index (χ0n) is 8.16. The summed E-state index contributed by atoms with van der Waals surface area (Å²) in [4.78, 5) is 10.6. The van der Waals surface area contributed by atoms with E-state index in [1.165, 1.54) is 0 Å². The first-order valence-corrected chi connectivity index (χ1v) is 4.95. The van der Waals surface area contributed by atoms with Crippen molar-refractivity contribution in [1.82, 2.24) is 5.32 Å². The van der Waals surface area contributed by atoms with Crippen LogP contribution in [0.2, 0.25) is 0 Å².